The molecule has 2 aromatic carbocycles. The molecule has 196 valence electrons. The van der Waals surface area contributed by atoms with Crippen LogP contribution in [0.1, 0.15) is 49.5 Å². The molecule has 1 N–H and O–H groups in total. The molecule has 0 fully saturated rings. The van der Waals surface area contributed by atoms with Crippen molar-refractivity contribution < 1.29 is 23.5 Å². The van der Waals surface area contributed by atoms with Gasteiger partial charge in [0.2, 0.25) is 5.91 Å². The van der Waals surface area contributed by atoms with Gasteiger partial charge in [0.1, 0.15) is 18.2 Å². The Hall–Kier alpha value is -2.97. The fraction of sp³-hybridized carbons (Fsp3) is 0.500. The lowest BCUT2D eigenvalue weighted by atomic mass is 10.0. The van der Waals surface area contributed by atoms with Crippen LogP contribution >= 0.6 is 0 Å². The van der Waals surface area contributed by atoms with Crippen molar-refractivity contribution in [1.82, 2.24) is 9.80 Å². The van der Waals surface area contributed by atoms with Crippen LogP contribution in [0.25, 0.3) is 0 Å². The molecule has 36 heavy (non-hydrogen) atoms. The van der Waals surface area contributed by atoms with Gasteiger partial charge in [0, 0.05) is 57.5 Å². The summed E-state index contributed by atoms with van der Waals surface area (Å²) in [4.78, 5) is 29.4. The minimum Gasteiger partial charge on any atom is -0.491 e. The van der Waals surface area contributed by atoms with Gasteiger partial charge in [0.25, 0.3) is 5.91 Å². The molecular formula is C28H38FN3O4. The first-order valence-electron chi connectivity index (χ1n) is 12.6. The normalized spacial score (nSPS) is 21.7. The summed E-state index contributed by atoms with van der Waals surface area (Å²) in [7, 11) is 3.38. The third-order valence-electron chi connectivity index (χ3n) is 6.67. The Morgan fingerprint density at radius 1 is 1.19 bits per heavy atom. The van der Waals surface area contributed by atoms with Crippen LogP contribution in [0.4, 0.5) is 10.1 Å². The van der Waals surface area contributed by atoms with Crippen molar-refractivity contribution in [2.45, 2.75) is 52.3 Å². The highest BCUT2D eigenvalue weighted by molar-refractivity contribution is 5.99. The molecule has 0 radical (unpaired) electrons. The number of anilines is 1. The number of rotatable bonds is 6. The molecule has 0 aliphatic carbocycles. The fourth-order valence-electron chi connectivity index (χ4n) is 4.45. The van der Waals surface area contributed by atoms with Gasteiger partial charge in [-0.25, -0.2) is 4.39 Å². The van der Waals surface area contributed by atoms with E-state index in [2.05, 4.69) is 17.1 Å². The van der Waals surface area contributed by atoms with Gasteiger partial charge in [-0.2, -0.15) is 0 Å². The van der Waals surface area contributed by atoms with Gasteiger partial charge >= 0.3 is 0 Å². The molecular weight excluding hydrogens is 461 g/mol. The average Bonchev–Trinajstić information content (AvgIpc) is 2.85. The Balaban J connectivity index is 1.93. The summed E-state index contributed by atoms with van der Waals surface area (Å²) in [5, 5.41) is 2.86. The molecule has 3 atom stereocenters. The minimum atomic E-state index is -0.235. The van der Waals surface area contributed by atoms with Gasteiger partial charge in [-0.15, -0.1) is 0 Å². The molecule has 0 spiro atoms. The Morgan fingerprint density at radius 3 is 2.64 bits per heavy atom. The van der Waals surface area contributed by atoms with Crippen LogP contribution in [0.15, 0.2) is 42.5 Å². The topological polar surface area (TPSA) is 71.1 Å². The zero-order valence-corrected chi connectivity index (χ0v) is 21.9. The minimum absolute atomic E-state index is 0.0615. The van der Waals surface area contributed by atoms with E-state index in [1.165, 1.54) is 6.07 Å². The predicted octanol–water partition coefficient (Wildman–Crippen LogP) is 4.57. The van der Waals surface area contributed by atoms with Crippen LogP contribution in [0.5, 0.6) is 5.75 Å². The first kappa shape index (κ1) is 27.6. The number of carbonyl (C=O) groups is 2. The Morgan fingerprint density at radius 2 is 1.94 bits per heavy atom. The third kappa shape index (κ3) is 7.04. The highest BCUT2D eigenvalue weighted by atomic mass is 19.1. The van der Waals surface area contributed by atoms with E-state index in [4.69, 9.17) is 9.47 Å². The number of hydrogen-bond acceptors (Lipinski definition) is 5. The Bertz CT molecular complexity index is 1050. The Labute approximate surface area is 213 Å². The van der Waals surface area contributed by atoms with Crippen LogP contribution in [0.2, 0.25) is 0 Å². The van der Waals surface area contributed by atoms with Crippen LogP contribution in [-0.4, -0.2) is 67.6 Å². The van der Waals surface area contributed by atoms with Crippen molar-refractivity contribution in [1.29, 1.82) is 0 Å². The number of nitrogens with one attached hydrogen (secondary N) is 1. The largest absolute Gasteiger partial charge is 0.491 e. The summed E-state index contributed by atoms with van der Waals surface area (Å²) in [6, 6.07) is 11.9. The van der Waals surface area contributed by atoms with E-state index in [1.54, 1.807) is 49.4 Å². The average molecular weight is 500 g/mol. The van der Waals surface area contributed by atoms with E-state index in [0.717, 1.165) is 6.42 Å². The van der Waals surface area contributed by atoms with Crippen LogP contribution in [0.3, 0.4) is 0 Å². The molecule has 3 rings (SSSR count). The van der Waals surface area contributed by atoms with Gasteiger partial charge in [0.05, 0.1) is 11.7 Å². The second-order valence-corrected chi connectivity index (χ2v) is 9.63. The maximum Gasteiger partial charge on any atom is 0.257 e. The molecule has 0 aromatic heterocycles. The predicted molar refractivity (Wildman–Crippen MR) is 139 cm³/mol. The van der Waals surface area contributed by atoms with E-state index in [0.29, 0.717) is 55.2 Å². The maximum absolute atomic E-state index is 14.5. The molecule has 8 heteroatoms. The molecule has 0 bridgehead atoms. The number of ether oxygens (including phenoxy) is 2. The highest BCUT2D eigenvalue weighted by Gasteiger charge is 2.29. The van der Waals surface area contributed by atoms with Gasteiger partial charge in [-0.05, 0) is 43.5 Å². The smallest absolute Gasteiger partial charge is 0.257 e. The van der Waals surface area contributed by atoms with Gasteiger partial charge in [-0.3, -0.25) is 14.5 Å². The molecule has 2 aromatic rings. The number of carbonyl (C=O) groups excluding carboxylic acids is 2. The number of likely N-dealkylation sites (N-methyl/N-ethyl adjacent to an activating group) is 1. The van der Waals surface area contributed by atoms with Crippen molar-refractivity contribution in [3.63, 3.8) is 0 Å². The molecule has 1 heterocycles. The lowest BCUT2D eigenvalue weighted by Crippen LogP contribution is -2.46. The quantitative estimate of drug-likeness (QED) is 0.631. The number of amides is 2. The van der Waals surface area contributed by atoms with Crippen molar-refractivity contribution in [3.05, 3.63) is 59.4 Å². The number of halogens is 1. The van der Waals surface area contributed by atoms with Crippen LogP contribution in [0, 0.1) is 11.7 Å². The van der Waals surface area contributed by atoms with E-state index < -0.39 is 0 Å². The third-order valence-corrected chi connectivity index (χ3v) is 6.67. The first-order chi connectivity index (χ1) is 17.2. The van der Waals surface area contributed by atoms with E-state index >= 15 is 0 Å². The van der Waals surface area contributed by atoms with Gasteiger partial charge in [0.15, 0.2) is 0 Å². The molecule has 0 saturated carbocycles. The SMILES string of the molecule is CCCC(=O)Nc1ccc2c(c1)C(=O)N(C)C[C@H](OC)[C@@H](C)CN(Cc1ccccc1F)[C@@H](C)CO2. The summed E-state index contributed by atoms with van der Waals surface area (Å²) in [6.45, 7) is 7.82. The summed E-state index contributed by atoms with van der Waals surface area (Å²) in [5.74, 6) is -0.0278. The number of fused-ring (bicyclic) bond motifs is 1. The zero-order chi connectivity index (χ0) is 26.2. The fourth-order valence-corrected chi connectivity index (χ4v) is 4.45. The number of benzene rings is 2. The lowest BCUT2D eigenvalue weighted by Gasteiger charge is -2.36. The van der Waals surface area contributed by atoms with E-state index in [9.17, 15) is 14.0 Å². The number of methoxy groups -OCH3 is 1. The first-order valence-corrected chi connectivity index (χ1v) is 12.6. The summed E-state index contributed by atoms with van der Waals surface area (Å²) >= 11 is 0. The van der Waals surface area contributed by atoms with Crippen LogP contribution < -0.4 is 10.1 Å². The van der Waals surface area contributed by atoms with Gasteiger partial charge < -0.3 is 19.7 Å². The molecule has 0 saturated heterocycles. The molecule has 1 aliphatic rings. The van der Waals surface area contributed by atoms with Crippen molar-refractivity contribution >= 4 is 17.5 Å². The van der Waals surface area contributed by atoms with E-state index in [-0.39, 0.29) is 35.7 Å². The van der Waals surface area contributed by atoms with E-state index in [1.807, 2.05) is 19.9 Å². The number of hydrogen-bond donors (Lipinski definition) is 1. The highest BCUT2D eigenvalue weighted by Crippen LogP contribution is 2.27. The molecule has 7 nitrogen and oxygen atoms in total. The zero-order valence-electron chi connectivity index (χ0n) is 21.9. The van der Waals surface area contributed by atoms with Crippen molar-refractivity contribution in [3.8, 4) is 5.75 Å². The monoisotopic (exact) mass is 499 g/mol. The Kier molecular flexibility index (Phi) is 9.84. The summed E-state index contributed by atoms with van der Waals surface area (Å²) < 4.78 is 26.4. The molecule has 0 unspecified atom stereocenters. The van der Waals surface area contributed by atoms with Crippen molar-refractivity contribution in [2.24, 2.45) is 5.92 Å². The van der Waals surface area contributed by atoms with Crippen LogP contribution in [-0.2, 0) is 16.1 Å². The summed E-state index contributed by atoms with van der Waals surface area (Å²) in [6.07, 6.45) is 0.925. The molecule has 2 amide bonds. The van der Waals surface area contributed by atoms with Crippen molar-refractivity contribution in [2.75, 3.05) is 39.2 Å². The van der Waals surface area contributed by atoms with Gasteiger partial charge in [-0.1, -0.05) is 32.0 Å². The standard InChI is InChI=1S/C28H38FN3O4/c1-6-9-27(33)30-22-12-13-25-23(14-22)28(34)31(4)17-26(35-5)19(2)15-32(20(3)18-36-25)16-21-10-7-8-11-24(21)29/h7-8,10-14,19-20,26H,6,9,15-18H2,1-5H3,(H,30,33)/t19-,20-,26-/m0/s1. The number of nitrogens with zero attached hydrogens (tertiary/aromatic N) is 2. The second kappa shape index (κ2) is 12.8. The summed E-state index contributed by atoms with van der Waals surface area (Å²) in [5.41, 5.74) is 1.55. The lowest BCUT2D eigenvalue weighted by molar-refractivity contribution is -0.116. The second-order valence-electron chi connectivity index (χ2n) is 9.63. The maximum atomic E-state index is 14.5. The molecule has 1 aliphatic heterocycles.